The van der Waals surface area contributed by atoms with E-state index in [1.807, 2.05) is 86.6 Å². The van der Waals surface area contributed by atoms with Gasteiger partial charge in [0.05, 0.1) is 18.9 Å². The van der Waals surface area contributed by atoms with E-state index < -0.39 is 0 Å². The Balaban J connectivity index is 1.45. The van der Waals surface area contributed by atoms with Gasteiger partial charge >= 0.3 is 5.97 Å². The zero-order chi connectivity index (χ0) is 28.0. The maximum absolute atomic E-state index is 12.8. The lowest BCUT2D eigenvalue weighted by Crippen LogP contribution is -2.23. The van der Waals surface area contributed by atoms with Crippen molar-refractivity contribution in [2.45, 2.75) is 52.7 Å². The highest BCUT2D eigenvalue weighted by Gasteiger charge is 2.10. The van der Waals surface area contributed by atoms with Gasteiger partial charge in [-0.05, 0) is 74.6 Å². The van der Waals surface area contributed by atoms with Crippen LogP contribution in [0.1, 0.15) is 59.7 Å². The van der Waals surface area contributed by atoms with Crippen LogP contribution in [0.15, 0.2) is 66.7 Å². The van der Waals surface area contributed by atoms with Crippen molar-refractivity contribution in [2.24, 2.45) is 0 Å². The topological polar surface area (TPSA) is 77.1 Å². The predicted octanol–water partition coefficient (Wildman–Crippen LogP) is 6.07. The molecule has 1 amide bonds. The van der Waals surface area contributed by atoms with Crippen LogP contribution in [-0.4, -0.2) is 39.2 Å². The first-order valence-corrected chi connectivity index (χ1v) is 13.5. The molecule has 0 bridgehead atoms. The quantitative estimate of drug-likeness (QED) is 0.189. The molecule has 0 atom stereocenters. The van der Waals surface area contributed by atoms with Crippen LogP contribution >= 0.6 is 0 Å². The van der Waals surface area contributed by atoms with Crippen molar-refractivity contribution in [1.29, 1.82) is 0 Å². The number of hydrogen-bond donors (Lipinski definition) is 1. The molecule has 0 aliphatic rings. The number of hydrogen-bond acceptors (Lipinski definition) is 6. The first-order valence-electron chi connectivity index (χ1n) is 13.5. The Morgan fingerprint density at radius 1 is 0.872 bits per heavy atom. The van der Waals surface area contributed by atoms with Gasteiger partial charge in [-0.15, -0.1) is 0 Å². The predicted molar refractivity (Wildman–Crippen MR) is 154 cm³/mol. The molecule has 0 radical (unpaired) electrons. The minimum Gasteiger partial charge on any atom is -0.493 e. The molecule has 0 saturated heterocycles. The summed E-state index contributed by atoms with van der Waals surface area (Å²) in [4.78, 5) is 26.2. The smallest absolute Gasteiger partial charge is 0.305 e. The molecule has 0 aliphatic carbocycles. The molecule has 3 aromatic carbocycles. The van der Waals surface area contributed by atoms with Crippen LogP contribution < -0.4 is 19.7 Å². The summed E-state index contributed by atoms with van der Waals surface area (Å²) in [6.07, 6.45) is 2.96. The standard InChI is InChI=1S/C32H40N2O5/c1-5-37-31(35)13-7-6-10-20-38-29-12-9-8-11-27(29)22-33-32(36)26-17-15-25(16-18-26)23-39-30-19-14-24(2)21-28(30)34(3)4/h8-9,11-12,14-19,21H,5-7,10,13,20,22-23H2,1-4H3,(H,33,36). The molecule has 0 saturated carbocycles. The lowest BCUT2D eigenvalue weighted by molar-refractivity contribution is -0.143. The number of ether oxygens (including phenoxy) is 3. The second kappa shape index (κ2) is 15.4. The van der Waals surface area contributed by atoms with Gasteiger partial charge in [-0.25, -0.2) is 0 Å². The van der Waals surface area contributed by atoms with Crippen molar-refractivity contribution in [2.75, 3.05) is 32.2 Å². The van der Waals surface area contributed by atoms with Crippen molar-refractivity contribution in [1.82, 2.24) is 5.32 Å². The highest BCUT2D eigenvalue weighted by molar-refractivity contribution is 5.94. The van der Waals surface area contributed by atoms with Gasteiger partial charge < -0.3 is 24.4 Å². The van der Waals surface area contributed by atoms with E-state index in [0.717, 1.165) is 47.6 Å². The average molecular weight is 533 g/mol. The molecular weight excluding hydrogens is 492 g/mol. The lowest BCUT2D eigenvalue weighted by Gasteiger charge is -2.18. The van der Waals surface area contributed by atoms with Crippen LogP contribution in [0.4, 0.5) is 5.69 Å². The van der Waals surface area contributed by atoms with Gasteiger partial charge in [0.2, 0.25) is 0 Å². The van der Waals surface area contributed by atoms with Crippen LogP contribution in [-0.2, 0) is 22.7 Å². The Labute approximate surface area is 232 Å². The number of nitrogens with one attached hydrogen (secondary N) is 1. The number of carbonyl (C=O) groups is 2. The Morgan fingerprint density at radius 3 is 2.38 bits per heavy atom. The van der Waals surface area contributed by atoms with Gasteiger partial charge in [-0.3, -0.25) is 9.59 Å². The molecule has 0 unspecified atom stereocenters. The third kappa shape index (κ3) is 9.67. The maximum Gasteiger partial charge on any atom is 0.305 e. The monoisotopic (exact) mass is 532 g/mol. The van der Waals surface area contributed by atoms with E-state index in [1.165, 1.54) is 5.56 Å². The Hall–Kier alpha value is -4.00. The number of nitrogens with zero attached hydrogens (tertiary/aromatic N) is 1. The van der Waals surface area contributed by atoms with E-state index in [0.29, 0.717) is 38.3 Å². The van der Waals surface area contributed by atoms with Crippen molar-refractivity contribution in [3.8, 4) is 11.5 Å². The first-order chi connectivity index (χ1) is 18.9. The van der Waals surface area contributed by atoms with Crippen LogP contribution in [0.5, 0.6) is 11.5 Å². The van der Waals surface area contributed by atoms with Gasteiger partial charge in [0, 0.05) is 38.2 Å². The Kier molecular flexibility index (Phi) is 11.7. The van der Waals surface area contributed by atoms with Crippen LogP contribution in [0.2, 0.25) is 0 Å². The zero-order valence-corrected chi connectivity index (χ0v) is 23.5. The molecule has 0 fully saturated rings. The van der Waals surface area contributed by atoms with Gasteiger partial charge in [0.25, 0.3) is 5.91 Å². The van der Waals surface area contributed by atoms with Crippen LogP contribution in [0.25, 0.3) is 0 Å². The summed E-state index contributed by atoms with van der Waals surface area (Å²) in [6.45, 7) is 5.62. The number of aryl methyl sites for hydroxylation is 1. The number of rotatable bonds is 15. The highest BCUT2D eigenvalue weighted by Crippen LogP contribution is 2.28. The van der Waals surface area contributed by atoms with E-state index in [1.54, 1.807) is 0 Å². The summed E-state index contributed by atoms with van der Waals surface area (Å²) < 4.78 is 17.0. The summed E-state index contributed by atoms with van der Waals surface area (Å²) in [5, 5.41) is 2.99. The third-order valence-electron chi connectivity index (χ3n) is 6.21. The number of unbranched alkanes of at least 4 members (excludes halogenated alkanes) is 2. The number of benzene rings is 3. The minimum atomic E-state index is -0.150. The second-order valence-corrected chi connectivity index (χ2v) is 9.61. The van der Waals surface area contributed by atoms with E-state index in [9.17, 15) is 9.59 Å². The second-order valence-electron chi connectivity index (χ2n) is 9.61. The zero-order valence-electron chi connectivity index (χ0n) is 23.5. The van der Waals surface area contributed by atoms with E-state index in [4.69, 9.17) is 14.2 Å². The van der Waals surface area contributed by atoms with Crippen molar-refractivity contribution in [3.63, 3.8) is 0 Å². The summed E-state index contributed by atoms with van der Waals surface area (Å²) in [6, 6.07) is 21.3. The fraction of sp³-hybridized carbons (Fsp3) is 0.375. The molecular formula is C32H40N2O5. The minimum absolute atomic E-state index is 0.148. The number of esters is 1. The van der Waals surface area contributed by atoms with Crippen molar-refractivity contribution in [3.05, 3.63) is 89.0 Å². The van der Waals surface area contributed by atoms with Crippen molar-refractivity contribution >= 4 is 17.6 Å². The Morgan fingerprint density at radius 2 is 1.64 bits per heavy atom. The van der Waals surface area contributed by atoms with Gasteiger partial charge in [-0.1, -0.05) is 36.4 Å². The SMILES string of the molecule is CCOC(=O)CCCCCOc1ccccc1CNC(=O)c1ccc(COc2ccc(C)cc2N(C)C)cc1. The molecule has 7 nitrogen and oxygen atoms in total. The summed E-state index contributed by atoms with van der Waals surface area (Å²) in [5.41, 5.74) is 4.70. The third-order valence-corrected chi connectivity index (χ3v) is 6.21. The fourth-order valence-electron chi connectivity index (χ4n) is 4.04. The van der Waals surface area contributed by atoms with Gasteiger partial charge in [0.15, 0.2) is 0 Å². The lowest BCUT2D eigenvalue weighted by atomic mass is 10.1. The summed E-state index contributed by atoms with van der Waals surface area (Å²) in [5.74, 6) is 1.28. The molecule has 3 rings (SSSR count). The van der Waals surface area contributed by atoms with E-state index >= 15 is 0 Å². The molecule has 39 heavy (non-hydrogen) atoms. The molecule has 0 heterocycles. The number of anilines is 1. The van der Waals surface area contributed by atoms with Crippen LogP contribution in [0, 0.1) is 6.92 Å². The van der Waals surface area contributed by atoms with E-state index in [-0.39, 0.29) is 11.9 Å². The Bertz CT molecular complexity index is 1210. The van der Waals surface area contributed by atoms with Gasteiger partial charge in [0.1, 0.15) is 18.1 Å². The fourth-order valence-corrected chi connectivity index (χ4v) is 4.04. The average Bonchev–Trinajstić information content (AvgIpc) is 2.93. The van der Waals surface area contributed by atoms with Crippen molar-refractivity contribution < 1.29 is 23.8 Å². The summed E-state index contributed by atoms with van der Waals surface area (Å²) in [7, 11) is 3.99. The molecule has 7 heteroatoms. The molecule has 0 aliphatic heterocycles. The van der Waals surface area contributed by atoms with Crippen LogP contribution in [0.3, 0.4) is 0 Å². The largest absolute Gasteiger partial charge is 0.493 e. The normalized spacial score (nSPS) is 10.6. The maximum atomic E-state index is 12.8. The highest BCUT2D eigenvalue weighted by atomic mass is 16.5. The molecule has 0 spiro atoms. The number of carbonyl (C=O) groups excluding carboxylic acids is 2. The van der Waals surface area contributed by atoms with Gasteiger partial charge in [-0.2, -0.15) is 0 Å². The summed E-state index contributed by atoms with van der Waals surface area (Å²) >= 11 is 0. The van der Waals surface area contributed by atoms with E-state index in [2.05, 4.69) is 18.3 Å². The molecule has 1 N–H and O–H groups in total. The number of para-hydroxylation sites is 1. The molecule has 208 valence electrons. The number of amides is 1. The first kappa shape index (κ1) is 29.6. The molecule has 3 aromatic rings. The molecule has 0 aromatic heterocycles.